The topological polar surface area (TPSA) is 29.5 Å². The zero-order chi connectivity index (χ0) is 56.6. The molecule has 0 atom stereocenters. The first-order chi connectivity index (χ1) is 37.4. The number of hydrogen-bond donors (Lipinski definition) is 1. The second-order valence-corrected chi connectivity index (χ2v) is 21.2. The molecular formula is C76H84O2. The summed E-state index contributed by atoms with van der Waals surface area (Å²) in [7, 11) is 1.68. The molecule has 0 saturated carbocycles. The van der Waals surface area contributed by atoms with E-state index in [4.69, 9.17) is 9.84 Å². The molecule has 0 unspecified atom stereocenters. The van der Waals surface area contributed by atoms with Crippen LogP contribution in [-0.4, -0.2) is 12.2 Å². The Bertz CT molecular complexity index is 3340. The quantitative estimate of drug-likeness (QED) is 0.180. The Labute approximate surface area is 470 Å². The number of aryl methyl sites for hydroxylation is 10. The van der Waals surface area contributed by atoms with Gasteiger partial charge < -0.3 is 9.84 Å². The van der Waals surface area contributed by atoms with Gasteiger partial charge in [-0.3, -0.25) is 0 Å². The van der Waals surface area contributed by atoms with Crippen LogP contribution in [0.1, 0.15) is 87.5 Å². The molecule has 2 nitrogen and oxygen atoms in total. The lowest BCUT2D eigenvalue weighted by molar-refractivity contribution is 0.281. The Morgan fingerprint density at radius 3 is 1.23 bits per heavy atom. The van der Waals surface area contributed by atoms with Crippen LogP contribution in [0.25, 0.3) is 44.5 Å². The summed E-state index contributed by atoms with van der Waals surface area (Å²) in [5.74, 6) is 0.926. The Kier molecular flexibility index (Phi) is 23.9. The number of methoxy groups -OCH3 is 1. The lowest BCUT2D eigenvalue weighted by Gasteiger charge is -2.22. The van der Waals surface area contributed by atoms with Crippen molar-refractivity contribution in [3.05, 3.63) is 303 Å². The highest BCUT2D eigenvalue weighted by molar-refractivity contribution is 5.71. The Balaban J connectivity index is 0.000000175. The summed E-state index contributed by atoms with van der Waals surface area (Å²) in [6.45, 7) is 28.3. The molecule has 1 N–H and O–H groups in total. The van der Waals surface area contributed by atoms with Gasteiger partial charge in [-0.1, -0.05) is 256 Å². The molecule has 0 bridgehead atoms. The zero-order valence-corrected chi connectivity index (χ0v) is 49.1. The first-order valence-corrected chi connectivity index (χ1v) is 27.2. The fraction of sp³-hybridized carbons (Fsp3) is 0.211. The summed E-state index contributed by atoms with van der Waals surface area (Å²) in [5, 5.41) is 8.72. The van der Waals surface area contributed by atoms with Gasteiger partial charge in [0.25, 0.3) is 0 Å². The van der Waals surface area contributed by atoms with Gasteiger partial charge in [0.2, 0.25) is 0 Å². The monoisotopic (exact) mass is 1030 g/mol. The predicted octanol–water partition coefficient (Wildman–Crippen LogP) is 20.7. The summed E-state index contributed by atoms with van der Waals surface area (Å²) in [5.41, 5.74) is 26.3. The third-order valence-electron chi connectivity index (χ3n) is 13.6. The molecule has 0 aromatic heterocycles. The predicted molar refractivity (Wildman–Crippen MR) is 339 cm³/mol. The molecule has 10 aromatic rings. The van der Waals surface area contributed by atoms with Crippen LogP contribution in [0.2, 0.25) is 0 Å². The van der Waals surface area contributed by atoms with E-state index in [1.165, 1.54) is 100 Å². The summed E-state index contributed by atoms with van der Waals surface area (Å²) in [6, 6.07) is 82.3. The van der Waals surface area contributed by atoms with Crippen molar-refractivity contribution >= 4 is 0 Å². The van der Waals surface area contributed by atoms with E-state index in [0.717, 1.165) is 16.9 Å². The van der Waals surface area contributed by atoms with Gasteiger partial charge in [0.1, 0.15) is 5.75 Å². The molecule has 400 valence electrons. The summed E-state index contributed by atoms with van der Waals surface area (Å²) < 4.78 is 5.00. The molecule has 0 aliphatic rings. The van der Waals surface area contributed by atoms with Crippen molar-refractivity contribution in [3.8, 4) is 50.3 Å². The van der Waals surface area contributed by atoms with Crippen LogP contribution in [0.3, 0.4) is 0 Å². The van der Waals surface area contributed by atoms with Gasteiger partial charge in [-0.2, -0.15) is 0 Å². The Morgan fingerprint density at radius 1 is 0.321 bits per heavy atom. The van der Waals surface area contributed by atoms with Crippen LogP contribution in [0.5, 0.6) is 5.75 Å². The van der Waals surface area contributed by atoms with Gasteiger partial charge in [0, 0.05) is 0 Å². The number of ether oxygens (including phenoxy) is 1. The van der Waals surface area contributed by atoms with Gasteiger partial charge in [-0.25, -0.2) is 0 Å². The third kappa shape index (κ3) is 19.2. The fourth-order valence-corrected chi connectivity index (χ4v) is 9.32. The molecule has 2 heteroatoms. The second kappa shape index (κ2) is 30.6. The van der Waals surface area contributed by atoms with E-state index >= 15 is 0 Å². The molecule has 0 fully saturated rings. The van der Waals surface area contributed by atoms with Crippen LogP contribution in [0, 0.1) is 69.2 Å². The number of aliphatic hydroxyl groups excluding tert-OH is 1. The van der Waals surface area contributed by atoms with Crippen LogP contribution in [0.15, 0.2) is 237 Å². The van der Waals surface area contributed by atoms with Crippen molar-refractivity contribution in [2.24, 2.45) is 0 Å². The van der Waals surface area contributed by atoms with Crippen LogP contribution in [0.4, 0.5) is 0 Å². The lowest BCUT2D eigenvalue weighted by atomic mass is 9.82. The first kappa shape index (κ1) is 60.8. The number of benzene rings is 10. The van der Waals surface area contributed by atoms with Gasteiger partial charge in [0.05, 0.1) is 13.7 Å². The second-order valence-electron chi connectivity index (χ2n) is 21.2. The van der Waals surface area contributed by atoms with Crippen molar-refractivity contribution in [3.63, 3.8) is 0 Å². The minimum absolute atomic E-state index is 0.146. The first-order valence-electron chi connectivity index (χ1n) is 27.2. The minimum Gasteiger partial charge on any atom is -0.497 e. The van der Waals surface area contributed by atoms with Crippen LogP contribution >= 0.6 is 0 Å². The number of rotatable bonds is 6. The molecule has 78 heavy (non-hydrogen) atoms. The molecule has 0 amide bonds. The molecule has 10 aromatic carbocycles. The Hall–Kier alpha value is -8.04. The number of aliphatic hydroxyl groups is 1. The Morgan fingerprint density at radius 2 is 0.782 bits per heavy atom. The average Bonchev–Trinajstić information content (AvgIpc) is 3.44. The minimum atomic E-state index is 0.146. The maximum Gasteiger partial charge on any atom is 0.119 e. The van der Waals surface area contributed by atoms with E-state index in [2.05, 4.69) is 252 Å². The standard InChI is InChI=1S/C17H20.C15H16.2C14H14.2C8H10O/c1-13-10-11-15(12-16(13)17(2,3)4)14-8-6-5-7-9-14;1-11-9-12(2)15(13(3)10-11)14-7-5-4-6-8-14;1-11-8-9-14(10-12(11)2)13-6-4-3-5-7-13;1-11-8-9-14(12(2)10-11)13-6-4-3-5-7-13;1-7-4-3-5-8(6-7)9-2;1-7-4-2-3-5-8(7)6-9/h5-12H,1-4H3;4-10H,1-3H3;2*3-10H,1-2H3;3-6H,1-2H3;2-5,9H,6H2,1H3. The number of hydrogen-bond acceptors (Lipinski definition) is 2. The van der Waals surface area contributed by atoms with Crippen LogP contribution < -0.4 is 4.74 Å². The zero-order valence-electron chi connectivity index (χ0n) is 49.1. The molecule has 0 saturated heterocycles. The van der Waals surface area contributed by atoms with Gasteiger partial charge >= 0.3 is 0 Å². The van der Waals surface area contributed by atoms with Gasteiger partial charge in [-0.15, -0.1) is 0 Å². The van der Waals surface area contributed by atoms with Crippen molar-refractivity contribution in [1.29, 1.82) is 0 Å². The summed E-state index contributed by atoms with van der Waals surface area (Å²) in [4.78, 5) is 0. The van der Waals surface area contributed by atoms with E-state index < -0.39 is 0 Å². The maximum atomic E-state index is 8.72. The summed E-state index contributed by atoms with van der Waals surface area (Å²) in [6.07, 6.45) is 0. The highest BCUT2D eigenvalue weighted by Gasteiger charge is 2.17. The third-order valence-corrected chi connectivity index (χ3v) is 13.6. The van der Waals surface area contributed by atoms with Gasteiger partial charge in [-0.05, 0) is 187 Å². The summed E-state index contributed by atoms with van der Waals surface area (Å²) >= 11 is 0. The lowest BCUT2D eigenvalue weighted by Crippen LogP contribution is -2.13. The van der Waals surface area contributed by atoms with Crippen molar-refractivity contribution in [2.45, 2.75) is 102 Å². The molecule has 0 aliphatic carbocycles. The van der Waals surface area contributed by atoms with Crippen molar-refractivity contribution in [2.75, 3.05) is 7.11 Å². The molecule has 0 radical (unpaired) electrons. The molecule has 0 spiro atoms. The normalized spacial score (nSPS) is 10.3. The van der Waals surface area contributed by atoms with Crippen LogP contribution in [-0.2, 0) is 12.0 Å². The average molecular weight is 1030 g/mol. The van der Waals surface area contributed by atoms with Gasteiger partial charge in [0.15, 0.2) is 0 Å². The van der Waals surface area contributed by atoms with Crippen molar-refractivity contribution in [1.82, 2.24) is 0 Å². The van der Waals surface area contributed by atoms with E-state index in [0.29, 0.717) is 0 Å². The SMILES string of the molecule is COc1cccc(C)c1.Cc1cc(C)c(-c2ccccc2)c(C)c1.Cc1ccc(-c2ccccc2)c(C)c1.Cc1ccc(-c2ccccc2)cc1C.Cc1ccc(-c2ccccc2)cc1C(C)(C)C.Cc1ccccc1CO. The molecule has 0 aliphatic heterocycles. The van der Waals surface area contributed by atoms with Crippen molar-refractivity contribution < 1.29 is 9.84 Å². The fourth-order valence-electron chi connectivity index (χ4n) is 9.32. The largest absolute Gasteiger partial charge is 0.497 e. The molecular weight excluding hydrogens is 945 g/mol. The molecule has 0 heterocycles. The smallest absolute Gasteiger partial charge is 0.119 e. The highest BCUT2D eigenvalue weighted by Crippen LogP contribution is 2.31. The van der Waals surface area contributed by atoms with E-state index in [1.807, 2.05) is 74.5 Å². The molecule has 10 rings (SSSR count). The highest BCUT2D eigenvalue weighted by atomic mass is 16.5. The van der Waals surface area contributed by atoms with E-state index in [1.54, 1.807) is 7.11 Å². The maximum absolute atomic E-state index is 8.72. The van der Waals surface area contributed by atoms with E-state index in [9.17, 15) is 0 Å². The van der Waals surface area contributed by atoms with E-state index in [-0.39, 0.29) is 12.0 Å².